The van der Waals surface area contributed by atoms with Gasteiger partial charge in [0.25, 0.3) is 0 Å². The predicted molar refractivity (Wildman–Crippen MR) is 111 cm³/mol. The minimum atomic E-state index is -0.275. The maximum Gasteiger partial charge on any atom is 0.352 e. The lowest BCUT2D eigenvalue weighted by Gasteiger charge is -2.33. The molecule has 1 fully saturated rings. The van der Waals surface area contributed by atoms with Crippen LogP contribution < -0.4 is 10.6 Å². The minimum absolute atomic E-state index is 0.0334. The fourth-order valence-electron chi connectivity index (χ4n) is 4.68. The van der Waals surface area contributed by atoms with Crippen LogP contribution in [0.4, 0.5) is 5.95 Å². The average Bonchev–Trinajstić information content (AvgIpc) is 3.10. The van der Waals surface area contributed by atoms with Gasteiger partial charge in [-0.15, -0.1) is 5.10 Å². The third-order valence-electron chi connectivity index (χ3n) is 6.31. The number of amides is 1. The second-order valence-corrected chi connectivity index (χ2v) is 8.10. The first-order valence-electron chi connectivity index (χ1n) is 10.5. The van der Waals surface area contributed by atoms with Crippen LogP contribution in [0, 0.1) is 0 Å². The Morgan fingerprint density at radius 3 is 2.79 bits per heavy atom. The molecule has 29 heavy (non-hydrogen) atoms. The van der Waals surface area contributed by atoms with Gasteiger partial charge in [0, 0.05) is 31.7 Å². The van der Waals surface area contributed by atoms with Crippen LogP contribution in [0.1, 0.15) is 44.1 Å². The molecule has 1 aromatic carbocycles. The fraction of sp³-hybridized carbons (Fsp3) is 0.524. The molecule has 1 aromatic heterocycles. The molecule has 8 heteroatoms. The Morgan fingerprint density at radius 2 is 1.97 bits per heavy atom. The first-order chi connectivity index (χ1) is 14.1. The number of carbonyl (C=O) groups is 1. The van der Waals surface area contributed by atoms with Crippen molar-refractivity contribution in [3.63, 3.8) is 0 Å². The zero-order valence-electron chi connectivity index (χ0n) is 16.8. The van der Waals surface area contributed by atoms with Crippen LogP contribution in [0.3, 0.4) is 0 Å². The number of rotatable bonds is 3. The van der Waals surface area contributed by atoms with Crippen molar-refractivity contribution in [2.45, 2.75) is 51.1 Å². The molecule has 1 amide bonds. The highest BCUT2D eigenvalue weighted by Crippen LogP contribution is 2.29. The van der Waals surface area contributed by atoms with Crippen LogP contribution in [0.15, 0.2) is 34.1 Å². The highest BCUT2D eigenvalue weighted by atomic mass is 16.2. The van der Waals surface area contributed by atoms with E-state index in [0.29, 0.717) is 5.95 Å². The van der Waals surface area contributed by atoms with E-state index in [1.807, 2.05) is 41.1 Å². The molecule has 0 atom stereocenters. The summed E-state index contributed by atoms with van der Waals surface area (Å²) in [6.07, 6.45) is 6.56. The van der Waals surface area contributed by atoms with Gasteiger partial charge >= 0.3 is 5.69 Å². The average molecular weight is 394 g/mol. The second kappa shape index (κ2) is 7.17. The van der Waals surface area contributed by atoms with Crippen molar-refractivity contribution in [1.82, 2.24) is 19.2 Å². The van der Waals surface area contributed by atoms with Gasteiger partial charge in [-0.2, -0.15) is 0 Å². The maximum atomic E-state index is 13.2. The van der Waals surface area contributed by atoms with Gasteiger partial charge in [0.05, 0.1) is 5.69 Å². The van der Waals surface area contributed by atoms with E-state index in [1.54, 1.807) is 4.57 Å². The summed E-state index contributed by atoms with van der Waals surface area (Å²) in [5, 5.41) is 4.57. The molecule has 0 radical (unpaired) electrons. The monoisotopic (exact) mass is 394 g/mol. The van der Waals surface area contributed by atoms with Crippen molar-refractivity contribution < 1.29 is 4.79 Å². The number of nitrogens with zero attached hydrogens (tertiary/aromatic N) is 6. The molecule has 0 bridgehead atoms. The van der Waals surface area contributed by atoms with E-state index in [1.165, 1.54) is 11.1 Å². The van der Waals surface area contributed by atoms with E-state index in [0.717, 1.165) is 62.3 Å². The van der Waals surface area contributed by atoms with Crippen LogP contribution in [-0.4, -0.2) is 57.2 Å². The van der Waals surface area contributed by atoms with Gasteiger partial charge in [-0.25, -0.2) is 14.0 Å². The van der Waals surface area contributed by atoms with Crippen LogP contribution in [0.5, 0.6) is 0 Å². The Kier molecular flexibility index (Phi) is 4.49. The highest BCUT2D eigenvalue weighted by molar-refractivity contribution is 6.13. The predicted octanol–water partition coefficient (Wildman–Crippen LogP) is 1.80. The van der Waals surface area contributed by atoms with Crippen LogP contribution in [-0.2, 0) is 11.3 Å². The van der Waals surface area contributed by atoms with E-state index < -0.39 is 0 Å². The fourth-order valence-corrected chi connectivity index (χ4v) is 4.68. The molecule has 2 aromatic rings. The molecular weight excluding hydrogens is 368 g/mol. The van der Waals surface area contributed by atoms with Crippen molar-refractivity contribution in [1.29, 1.82) is 0 Å². The molecular formula is C21H26N6O2. The second-order valence-electron chi connectivity index (χ2n) is 8.10. The summed E-state index contributed by atoms with van der Waals surface area (Å²) in [5.74, 6) is 1.36. The maximum absolute atomic E-state index is 13.2. The third-order valence-corrected chi connectivity index (χ3v) is 6.31. The summed E-state index contributed by atoms with van der Waals surface area (Å²) in [6.45, 7) is 1.50. The first-order valence-corrected chi connectivity index (χ1v) is 10.5. The standard InChI is InChI=1S/C21H26N6O2/c1-24(15-8-3-2-4-9-15)18(28)14-26-21(29)27-17-11-6-5-10-16(17)19-22-12-7-13-25(19)20(27)23-26/h5-6,10-11,15H,2-4,7-9,12-14H2,1H3. The topological polar surface area (TPSA) is 75.7 Å². The number of hydrogen-bond acceptors (Lipinski definition) is 5. The van der Waals surface area contributed by atoms with Gasteiger partial charge in [-0.05, 0) is 31.4 Å². The number of carbonyl (C=O) groups excluding carboxylic acids is 1. The lowest BCUT2D eigenvalue weighted by Crippen LogP contribution is -2.43. The summed E-state index contributed by atoms with van der Waals surface area (Å²) in [6, 6.07) is 8.04. The number of aliphatic imine (C=N–C) groups is 1. The van der Waals surface area contributed by atoms with Crippen LogP contribution >= 0.6 is 0 Å². The first kappa shape index (κ1) is 18.1. The number of amidine groups is 1. The highest BCUT2D eigenvalue weighted by Gasteiger charge is 2.34. The largest absolute Gasteiger partial charge is 0.352 e. The molecule has 0 N–H and O–H groups in total. The number of para-hydroxylation sites is 1. The Morgan fingerprint density at radius 1 is 1.17 bits per heavy atom. The lowest BCUT2D eigenvalue weighted by atomic mass is 9.94. The molecule has 3 aliphatic rings. The Hall–Kier alpha value is -2.90. The molecule has 2 aliphatic heterocycles. The number of hydrogen-bond donors (Lipinski definition) is 0. The molecule has 3 heterocycles. The molecule has 0 spiro atoms. The van der Waals surface area contributed by atoms with Crippen molar-refractivity contribution in [3.8, 4) is 5.69 Å². The van der Waals surface area contributed by atoms with Gasteiger partial charge in [0.1, 0.15) is 12.4 Å². The molecule has 1 saturated carbocycles. The third kappa shape index (κ3) is 2.97. The minimum Gasteiger partial charge on any atom is -0.341 e. The molecule has 1 aliphatic carbocycles. The van der Waals surface area contributed by atoms with E-state index in [9.17, 15) is 9.59 Å². The van der Waals surface area contributed by atoms with Crippen LogP contribution in [0.2, 0.25) is 0 Å². The van der Waals surface area contributed by atoms with Crippen molar-refractivity contribution in [2.24, 2.45) is 4.99 Å². The molecule has 0 unspecified atom stereocenters. The number of benzene rings is 1. The zero-order valence-corrected chi connectivity index (χ0v) is 16.8. The van der Waals surface area contributed by atoms with Crippen molar-refractivity contribution >= 4 is 17.7 Å². The van der Waals surface area contributed by atoms with E-state index >= 15 is 0 Å². The summed E-state index contributed by atoms with van der Waals surface area (Å²) in [4.78, 5) is 34.6. The molecule has 8 nitrogen and oxygen atoms in total. The van der Waals surface area contributed by atoms with E-state index in [2.05, 4.69) is 10.1 Å². The summed E-state index contributed by atoms with van der Waals surface area (Å²) < 4.78 is 2.93. The summed E-state index contributed by atoms with van der Waals surface area (Å²) in [5.41, 5.74) is 1.44. The van der Waals surface area contributed by atoms with Gasteiger partial charge in [-0.3, -0.25) is 14.7 Å². The van der Waals surface area contributed by atoms with E-state index in [-0.39, 0.29) is 24.2 Å². The SMILES string of the molecule is CN(C(=O)Cn1nc2n(c1=O)-c1ccccc1C1=NCCCN12)C1CCCCC1. The Balaban J connectivity index is 1.50. The quantitative estimate of drug-likeness (QED) is 0.796. The lowest BCUT2D eigenvalue weighted by molar-refractivity contribution is -0.133. The van der Waals surface area contributed by atoms with Crippen LogP contribution in [0.25, 0.3) is 5.69 Å². The summed E-state index contributed by atoms with van der Waals surface area (Å²) in [7, 11) is 1.85. The molecule has 0 saturated heterocycles. The van der Waals surface area contributed by atoms with Crippen molar-refractivity contribution in [3.05, 3.63) is 40.3 Å². The zero-order chi connectivity index (χ0) is 20.0. The number of likely N-dealkylation sites (N-methyl/N-ethyl adjacent to an activating group) is 1. The van der Waals surface area contributed by atoms with Crippen molar-refractivity contribution in [2.75, 3.05) is 25.0 Å². The molecule has 152 valence electrons. The van der Waals surface area contributed by atoms with E-state index in [4.69, 9.17) is 0 Å². The smallest absolute Gasteiger partial charge is 0.341 e. The van der Waals surface area contributed by atoms with Gasteiger partial charge in [0.2, 0.25) is 11.9 Å². The summed E-state index contributed by atoms with van der Waals surface area (Å²) >= 11 is 0. The Labute approximate surface area is 169 Å². The normalized spacial score (nSPS) is 18.5. The van der Waals surface area contributed by atoms with Gasteiger partial charge in [-0.1, -0.05) is 31.4 Å². The Bertz CT molecular complexity index is 1030. The molecule has 5 rings (SSSR count). The number of anilines is 1. The number of fused-ring (bicyclic) bond motifs is 6. The van der Waals surface area contributed by atoms with Gasteiger partial charge < -0.3 is 4.90 Å². The van der Waals surface area contributed by atoms with Gasteiger partial charge in [0.15, 0.2) is 0 Å². The number of aromatic nitrogens is 3.